The number of methoxy groups -OCH3 is 2. The minimum absolute atomic E-state index is 0.131. The van der Waals surface area contributed by atoms with Gasteiger partial charge in [-0.2, -0.15) is 0 Å². The van der Waals surface area contributed by atoms with Gasteiger partial charge in [0.2, 0.25) is 11.8 Å². The van der Waals surface area contributed by atoms with Crippen molar-refractivity contribution in [3.05, 3.63) is 83.9 Å². The van der Waals surface area contributed by atoms with Gasteiger partial charge in [-0.05, 0) is 54.3 Å². The van der Waals surface area contributed by atoms with Crippen LogP contribution in [0.2, 0.25) is 0 Å². The third kappa shape index (κ3) is 4.13. The molecule has 3 heterocycles. The number of carbonyl (C=O) groups excluding carboxylic acids is 3. The fraction of sp³-hybridized carbons (Fsp3) is 0.323. The molecule has 0 saturated carbocycles. The molecule has 2 fully saturated rings. The molecule has 2 saturated heterocycles. The Labute approximate surface area is 233 Å². The van der Waals surface area contributed by atoms with Crippen LogP contribution in [0.5, 0.6) is 11.5 Å². The zero-order valence-electron chi connectivity index (χ0n) is 22.6. The second-order valence-corrected chi connectivity index (χ2v) is 10.4. The van der Waals surface area contributed by atoms with Crippen LogP contribution >= 0.6 is 0 Å². The van der Waals surface area contributed by atoms with E-state index in [1.54, 1.807) is 20.3 Å². The Hall–Kier alpha value is -4.53. The van der Waals surface area contributed by atoms with Gasteiger partial charge in [-0.1, -0.05) is 42.5 Å². The maximum atomic E-state index is 14.4. The summed E-state index contributed by atoms with van der Waals surface area (Å²) in [5.41, 5.74) is 2.46. The number of fused-ring (bicyclic) bond motifs is 4. The SMILES string of the molecule is COc1ccc(CCN2C(=O)NC(=O)[C@@]3(Cc4ccccc4N4CCN(c5ccccc5)C[C@H]43)C2=O)cc1OC. The quantitative estimate of drug-likeness (QED) is 0.480. The molecule has 9 heteroatoms. The fourth-order valence-corrected chi connectivity index (χ4v) is 6.36. The highest BCUT2D eigenvalue weighted by Gasteiger charge is 2.62. The lowest BCUT2D eigenvalue weighted by atomic mass is 9.67. The number of amides is 4. The van der Waals surface area contributed by atoms with Gasteiger partial charge in [0.1, 0.15) is 0 Å². The van der Waals surface area contributed by atoms with E-state index in [2.05, 4.69) is 21.2 Å². The molecule has 3 aliphatic heterocycles. The molecule has 9 nitrogen and oxygen atoms in total. The van der Waals surface area contributed by atoms with Crippen molar-refractivity contribution in [1.82, 2.24) is 10.2 Å². The summed E-state index contributed by atoms with van der Waals surface area (Å²) in [6.45, 7) is 2.02. The van der Waals surface area contributed by atoms with Crippen LogP contribution in [0.1, 0.15) is 11.1 Å². The predicted octanol–water partition coefficient (Wildman–Crippen LogP) is 3.26. The molecule has 206 valence electrons. The van der Waals surface area contributed by atoms with E-state index in [0.29, 0.717) is 31.0 Å². The Kier molecular flexibility index (Phi) is 6.57. The zero-order chi connectivity index (χ0) is 27.9. The molecule has 2 atom stereocenters. The summed E-state index contributed by atoms with van der Waals surface area (Å²) >= 11 is 0. The highest BCUT2D eigenvalue weighted by Crippen LogP contribution is 2.46. The van der Waals surface area contributed by atoms with Crippen LogP contribution in [-0.2, 0) is 22.4 Å². The summed E-state index contributed by atoms with van der Waals surface area (Å²) in [7, 11) is 3.13. The van der Waals surface area contributed by atoms with Gasteiger partial charge >= 0.3 is 6.03 Å². The van der Waals surface area contributed by atoms with Crippen LogP contribution in [0, 0.1) is 5.41 Å². The number of hydrogen-bond donors (Lipinski definition) is 1. The highest BCUT2D eigenvalue weighted by atomic mass is 16.5. The average Bonchev–Trinajstić information content (AvgIpc) is 2.99. The minimum atomic E-state index is -1.44. The number of imide groups is 2. The van der Waals surface area contributed by atoms with E-state index < -0.39 is 29.3 Å². The topological polar surface area (TPSA) is 91.4 Å². The van der Waals surface area contributed by atoms with Crippen LogP contribution in [0.3, 0.4) is 0 Å². The molecule has 0 aromatic heterocycles. The number of benzene rings is 3. The first-order valence-corrected chi connectivity index (χ1v) is 13.5. The number of carbonyl (C=O) groups is 3. The lowest BCUT2D eigenvalue weighted by Gasteiger charge is -2.55. The molecule has 3 aromatic carbocycles. The summed E-state index contributed by atoms with van der Waals surface area (Å²) in [4.78, 5) is 47.0. The summed E-state index contributed by atoms with van der Waals surface area (Å²) in [5, 5.41) is 2.55. The number of ether oxygens (including phenoxy) is 2. The van der Waals surface area contributed by atoms with Crippen molar-refractivity contribution in [2.75, 3.05) is 50.2 Å². The van der Waals surface area contributed by atoms with E-state index in [9.17, 15) is 14.4 Å². The molecule has 6 rings (SSSR count). The van der Waals surface area contributed by atoms with Crippen LogP contribution in [0.15, 0.2) is 72.8 Å². The molecule has 3 aromatic rings. The Balaban J connectivity index is 1.35. The van der Waals surface area contributed by atoms with Crippen LogP contribution in [0.4, 0.5) is 16.2 Å². The normalized spacial score (nSPS) is 22.1. The van der Waals surface area contributed by atoms with Crippen molar-refractivity contribution in [1.29, 1.82) is 0 Å². The van der Waals surface area contributed by atoms with Gasteiger partial charge in [0.15, 0.2) is 16.9 Å². The van der Waals surface area contributed by atoms with Gasteiger partial charge in [0.25, 0.3) is 0 Å². The molecule has 1 N–H and O–H groups in total. The van der Waals surface area contributed by atoms with Gasteiger partial charge in [0, 0.05) is 37.6 Å². The molecule has 1 spiro atoms. The maximum Gasteiger partial charge on any atom is 0.330 e. The number of nitrogens with zero attached hydrogens (tertiary/aromatic N) is 3. The number of hydrogen-bond acceptors (Lipinski definition) is 7. The van der Waals surface area contributed by atoms with Gasteiger partial charge in [-0.3, -0.25) is 19.8 Å². The van der Waals surface area contributed by atoms with E-state index in [4.69, 9.17) is 9.47 Å². The second kappa shape index (κ2) is 10.2. The monoisotopic (exact) mass is 540 g/mol. The van der Waals surface area contributed by atoms with Gasteiger partial charge < -0.3 is 19.3 Å². The Morgan fingerprint density at radius 3 is 2.42 bits per heavy atom. The lowest BCUT2D eigenvalue weighted by Crippen LogP contribution is -2.75. The van der Waals surface area contributed by atoms with E-state index in [1.807, 2.05) is 60.7 Å². The molecule has 0 bridgehead atoms. The number of urea groups is 1. The minimum Gasteiger partial charge on any atom is -0.493 e. The Bertz CT molecular complexity index is 1460. The number of piperazine rings is 1. The Morgan fingerprint density at radius 1 is 0.900 bits per heavy atom. The predicted molar refractivity (Wildman–Crippen MR) is 151 cm³/mol. The molecule has 3 aliphatic rings. The van der Waals surface area contributed by atoms with E-state index in [0.717, 1.165) is 29.0 Å². The second-order valence-electron chi connectivity index (χ2n) is 10.4. The van der Waals surface area contributed by atoms with Gasteiger partial charge in [-0.25, -0.2) is 4.79 Å². The molecular formula is C31H32N4O5. The van der Waals surface area contributed by atoms with Crippen LogP contribution in [-0.4, -0.2) is 69.2 Å². The van der Waals surface area contributed by atoms with E-state index in [1.165, 1.54) is 4.90 Å². The van der Waals surface area contributed by atoms with E-state index >= 15 is 0 Å². The zero-order valence-corrected chi connectivity index (χ0v) is 22.6. The van der Waals surface area contributed by atoms with Gasteiger partial charge in [0.05, 0.1) is 20.3 Å². The smallest absolute Gasteiger partial charge is 0.330 e. The van der Waals surface area contributed by atoms with Gasteiger partial charge in [-0.15, -0.1) is 0 Å². The number of barbiturate groups is 1. The molecular weight excluding hydrogens is 508 g/mol. The standard InChI is InChI=1S/C31H32N4O5/c1-39-25-13-12-21(18-26(25)40-2)14-15-35-29(37)31(28(36)32-30(35)38)19-22-8-6-7-11-24(22)34-17-16-33(20-27(31)34)23-9-4-3-5-10-23/h3-13,18,27H,14-17,19-20H2,1-2H3,(H,32,36,38)/t27-,31-/m0/s1. The summed E-state index contributed by atoms with van der Waals surface area (Å²) in [6.07, 6.45) is 0.642. The van der Waals surface area contributed by atoms with Crippen molar-refractivity contribution in [2.45, 2.75) is 18.9 Å². The van der Waals surface area contributed by atoms with Crippen LogP contribution in [0.25, 0.3) is 0 Å². The lowest BCUT2D eigenvalue weighted by molar-refractivity contribution is -0.153. The molecule has 0 unspecified atom stereocenters. The van der Waals surface area contributed by atoms with Crippen molar-refractivity contribution in [3.63, 3.8) is 0 Å². The Morgan fingerprint density at radius 2 is 1.65 bits per heavy atom. The van der Waals surface area contributed by atoms with Crippen LogP contribution < -0.4 is 24.6 Å². The number of nitrogens with one attached hydrogen (secondary N) is 1. The third-order valence-corrected chi connectivity index (χ3v) is 8.41. The van der Waals surface area contributed by atoms with Crippen molar-refractivity contribution < 1.29 is 23.9 Å². The number of anilines is 2. The summed E-state index contributed by atoms with van der Waals surface area (Å²) < 4.78 is 10.7. The fourth-order valence-electron chi connectivity index (χ4n) is 6.36. The highest BCUT2D eigenvalue weighted by molar-refractivity contribution is 6.20. The number of para-hydroxylation sites is 2. The molecule has 40 heavy (non-hydrogen) atoms. The molecule has 0 radical (unpaired) electrons. The summed E-state index contributed by atoms with van der Waals surface area (Å²) in [5.74, 6) is 0.207. The molecule has 0 aliphatic carbocycles. The number of rotatable bonds is 6. The van der Waals surface area contributed by atoms with Crippen molar-refractivity contribution in [2.24, 2.45) is 5.41 Å². The molecule has 4 amide bonds. The van der Waals surface area contributed by atoms with Crippen molar-refractivity contribution >= 4 is 29.2 Å². The average molecular weight is 541 g/mol. The first-order chi connectivity index (χ1) is 19.5. The summed E-state index contributed by atoms with van der Waals surface area (Å²) in [6, 6.07) is 22.4. The maximum absolute atomic E-state index is 14.4. The largest absolute Gasteiger partial charge is 0.493 e. The first kappa shape index (κ1) is 25.7. The van der Waals surface area contributed by atoms with Crippen molar-refractivity contribution in [3.8, 4) is 11.5 Å². The van der Waals surface area contributed by atoms with E-state index in [-0.39, 0.29) is 13.0 Å². The third-order valence-electron chi connectivity index (χ3n) is 8.41. The first-order valence-electron chi connectivity index (χ1n) is 13.5.